The van der Waals surface area contributed by atoms with Crippen LogP contribution in [0, 0.1) is 11.7 Å². The van der Waals surface area contributed by atoms with E-state index in [0.717, 1.165) is 18.4 Å². The Labute approximate surface area is 110 Å². The standard InChI is InChI=1S/C13H19BrFNO/c1-4-8(2)5-12(16)9-6-10(14)11(15)7-13(9)17-3/h6-8,12H,4-5,16H2,1-3H3. The molecule has 0 saturated carbocycles. The first-order valence-corrected chi connectivity index (χ1v) is 6.57. The van der Waals surface area contributed by atoms with Crippen LogP contribution in [0.5, 0.6) is 5.75 Å². The minimum absolute atomic E-state index is 0.128. The fraction of sp³-hybridized carbons (Fsp3) is 0.538. The second kappa shape index (κ2) is 6.36. The third kappa shape index (κ3) is 3.68. The Morgan fingerprint density at radius 1 is 1.47 bits per heavy atom. The van der Waals surface area contributed by atoms with Crippen molar-refractivity contribution in [1.29, 1.82) is 0 Å². The molecule has 0 aliphatic heterocycles. The number of halogens is 2. The Morgan fingerprint density at radius 3 is 2.65 bits per heavy atom. The fourth-order valence-electron chi connectivity index (χ4n) is 1.74. The predicted octanol–water partition coefficient (Wildman–Crippen LogP) is 4.03. The van der Waals surface area contributed by atoms with Crippen LogP contribution in [0.25, 0.3) is 0 Å². The van der Waals surface area contributed by atoms with Crippen LogP contribution in [0.3, 0.4) is 0 Å². The molecule has 1 rings (SSSR count). The van der Waals surface area contributed by atoms with Gasteiger partial charge in [0.05, 0.1) is 11.6 Å². The maximum absolute atomic E-state index is 13.4. The van der Waals surface area contributed by atoms with Gasteiger partial charge in [-0.1, -0.05) is 20.3 Å². The lowest BCUT2D eigenvalue weighted by Gasteiger charge is -2.19. The summed E-state index contributed by atoms with van der Waals surface area (Å²) in [5.74, 6) is 0.723. The van der Waals surface area contributed by atoms with Gasteiger partial charge < -0.3 is 10.5 Å². The van der Waals surface area contributed by atoms with Gasteiger partial charge in [0.1, 0.15) is 11.6 Å². The molecule has 96 valence electrons. The molecule has 17 heavy (non-hydrogen) atoms. The highest BCUT2D eigenvalue weighted by molar-refractivity contribution is 9.10. The van der Waals surface area contributed by atoms with Gasteiger partial charge in [0.15, 0.2) is 0 Å². The smallest absolute Gasteiger partial charge is 0.141 e. The van der Waals surface area contributed by atoms with Crippen LogP contribution in [0.2, 0.25) is 0 Å². The van der Waals surface area contributed by atoms with Gasteiger partial charge in [-0.25, -0.2) is 4.39 Å². The summed E-state index contributed by atoms with van der Waals surface area (Å²) in [4.78, 5) is 0. The molecule has 0 saturated heterocycles. The monoisotopic (exact) mass is 303 g/mol. The van der Waals surface area contributed by atoms with E-state index < -0.39 is 0 Å². The van der Waals surface area contributed by atoms with Crippen LogP contribution in [-0.4, -0.2) is 7.11 Å². The summed E-state index contributed by atoms with van der Waals surface area (Å²) in [5, 5.41) is 0. The van der Waals surface area contributed by atoms with E-state index >= 15 is 0 Å². The molecule has 0 heterocycles. The predicted molar refractivity (Wildman–Crippen MR) is 71.7 cm³/mol. The van der Waals surface area contributed by atoms with Gasteiger partial charge in [-0.15, -0.1) is 0 Å². The van der Waals surface area contributed by atoms with Crippen molar-refractivity contribution in [2.45, 2.75) is 32.7 Å². The molecule has 0 spiro atoms. The van der Waals surface area contributed by atoms with Crippen LogP contribution in [-0.2, 0) is 0 Å². The third-order valence-corrected chi connectivity index (χ3v) is 3.63. The number of hydrogen-bond donors (Lipinski definition) is 1. The van der Waals surface area contributed by atoms with Crippen LogP contribution in [0.4, 0.5) is 4.39 Å². The van der Waals surface area contributed by atoms with Gasteiger partial charge in [0.2, 0.25) is 0 Å². The zero-order valence-corrected chi connectivity index (χ0v) is 12.1. The van der Waals surface area contributed by atoms with Gasteiger partial charge >= 0.3 is 0 Å². The second-order valence-corrected chi connectivity index (χ2v) is 5.22. The van der Waals surface area contributed by atoms with Crippen LogP contribution < -0.4 is 10.5 Å². The van der Waals surface area contributed by atoms with Crippen LogP contribution in [0.15, 0.2) is 16.6 Å². The Hall–Kier alpha value is -0.610. The molecule has 2 N–H and O–H groups in total. The minimum Gasteiger partial charge on any atom is -0.496 e. The van der Waals surface area contributed by atoms with Gasteiger partial charge in [0, 0.05) is 17.7 Å². The van der Waals surface area contributed by atoms with Crippen LogP contribution in [0.1, 0.15) is 38.3 Å². The highest BCUT2D eigenvalue weighted by Gasteiger charge is 2.17. The number of nitrogens with two attached hydrogens (primary N) is 1. The van der Waals surface area contributed by atoms with E-state index in [4.69, 9.17) is 10.5 Å². The molecular formula is C13H19BrFNO. The van der Waals surface area contributed by atoms with Gasteiger partial charge in [-0.2, -0.15) is 0 Å². The normalized spacial score (nSPS) is 14.5. The molecule has 2 nitrogen and oxygen atoms in total. The first kappa shape index (κ1) is 14.5. The van der Waals surface area contributed by atoms with Crippen molar-refractivity contribution in [1.82, 2.24) is 0 Å². The first-order valence-electron chi connectivity index (χ1n) is 5.78. The Bertz CT molecular complexity index is 384. The van der Waals surface area contributed by atoms with E-state index in [1.165, 1.54) is 13.2 Å². The Balaban J connectivity index is 2.99. The number of ether oxygens (including phenoxy) is 1. The molecule has 1 aromatic carbocycles. The van der Waals surface area contributed by atoms with Crippen LogP contribution >= 0.6 is 15.9 Å². The van der Waals surface area contributed by atoms with Crippen molar-refractivity contribution in [2.24, 2.45) is 11.7 Å². The van der Waals surface area contributed by atoms with E-state index in [2.05, 4.69) is 29.8 Å². The van der Waals surface area contributed by atoms with Crippen molar-refractivity contribution in [3.05, 3.63) is 28.0 Å². The highest BCUT2D eigenvalue weighted by atomic mass is 79.9. The third-order valence-electron chi connectivity index (χ3n) is 3.03. The van der Waals surface area contributed by atoms with Gasteiger partial charge in [0.25, 0.3) is 0 Å². The molecule has 1 aromatic rings. The molecule has 0 bridgehead atoms. The molecule has 0 aliphatic carbocycles. The lowest BCUT2D eigenvalue weighted by Crippen LogP contribution is -2.15. The van der Waals surface area contributed by atoms with E-state index in [-0.39, 0.29) is 11.9 Å². The number of methoxy groups -OCH3 is 1. The van der Waals surface area contributed by atoms with Crippen molar-refractivity contribution in [2.75, 3.05) is 7.11 Å². The second-order valence-electron chi connectivity index (χ2n) is 4.36. The maximum Gasteiger partial charge on any atom is 0.141 e. The average molecular weight is 304 g/mol. The van der Waals surface area contributed by atoms with E-state index in [9.17, 15) is 4.39 Å². The lowest BCUT2D eigenvalue weighted by molar-refractivity contribution is 0.391. The van der Waals surface area contributed by atoms with Crippen molar-refractivity contribution < 1.29 is 9.13 Å². The largest absolute Gasteiger partial charge is 0.496 e. The van der Waals surface area contributed by atoms with Crippen molar-refractivity contribution >= 4 is 15.9 Å². The van der Waals surface area contributed by atoms with E-state index in [1.54, 1.807) is 6.07 Å². The topological polar surface area (TPSA) is 35.2 Å². The van der Waals surface area contributed by atoms with Gasteiger partial charge in [-0.3, -0.25) is 0 Å². The number of benzene rings is 1. The summed E-state index contributed by atoms with van der Waals surface area (Å²) in [6.07, 6.45) is 1.95. The first-order chi connectivity index (χ1) is 7.99. The number of rotatable bonds is 5. The molecule has 2 unspecified atom stereocenters. The summed E-state index contributed by atoms with van der Waals surface area (Å²) >= 11 is 3.17. The molecule has 0 aromatic heterocycles. The summed E-state index contributed by atoms with van der Waals surface area (Å²) in [6.45, 7) is 4.29. The van der Waals surface area contributed by atoms with Gasteiger partial charge in [-0.05, 0) is 34.3 Å². The molecule has 0 aliphatic rings. The average Bonchev–Trinajstić information content (AvgIpc) is 2.31. The molecule has 0 fully saturated rings. The molecular weight excluding hydrogens is 285 g/mol. The van der Waals surface area contributed by atoms with E-state index in [1.807, 2.05) is 0 Å². The highest BCUT2D eigenvalue weighted by Crippen LogP contribution is 2.32. The fourth-order valence-corrected chi connectivity index (χ4v) is 2.10. The van der Waals surface area contributed by atoms with Crippen molar-refractivity contribution in [3.8, 4) is 5.75 Å². The molecule has 0 amide bonds. The zero-order valence-electron chi connectivity index (χ0n) is 10.5. The molecule has 2 atom stereocenters. The van der Waals surface area contributed by atoms with E-state index in [0.29, 0.717) is 16.1 Å². The molecule has 4 heteroatoms. The summed E-state index contributed by atoms with van der Waals surface area (Å²) in [5.41, 5.74) is 6.99. The van der Waals surface area contributed by atoms with Crippen molar-refractivity contribution in [3.63, 3.8) is 0 Å². The minimum atomic E-state index is -0.332. The summed E-state index contributed by atoms with van der Waals surface area (Å²) in [7, 11) is 1.53. The SMILES string of the molecule is CCC(C)CC(N)c1cc(Br)c(F)cc1OC. The quantitative estimate of drug-likeness (QED) is 0.891. The number of hydrogen-bond acceptors (Lipinski definition) is 2. The Kier molecular flexibility index (Phi) is 5.40. The zero-order chi connectivity index (χ0) is 13.0. The summed E-state index contributed by atoms with van der Waals surface area (Å²) in [6, 6.07) is 2.95. The molecule has 0 radical (unpaired) electrons. The summed E-state index contributed by atoms with van der Waals surface area (Å²) < 4.78 is 19.0. The Morgan fingerprint density at radius 2 is 2.12 bits per heavy atom. The lowest BCUT2D eigenvalue weighted by atomic mass is 9.94. The maximum atomic E-state index is 13.4.